The highest BCUT2D eigenvalue weighted by molar-refractivity contribution is 6.29. The summed E-state index contributed by atoms with van der Waals surface area (Å²) >= 11 is 5.20. The molecule has 0 aliphatic carbocycles. The van der Waals surface area contributed by atoms with Crippen LogP contribution in [0.3, 0.4) is 0 Å². The number of halogens is 2. The Balaban J connectivity index is 3.14. The number of hydrogen-bond acceptors (Lipinski definition) is 0. The van der Waals surface area contributed by atoms with Crippen LogP contribution in [0, 0.1) is 0 Å². The van der Waals surface area contributed by atoms with Gasteiger partial charge in [-0.3, -0.25) is 0 Å². The summed E-state index contributed by atoms with van der Waals surface area (Å²) in [4.78, 5) is 0. The topological polar surface area (TPSA) is 0 Å². The molecule has 0 aliphatic rings. The molecule has 36 valence electrons. The Morgan fingerprint density at radius 3 is 2.50 bits per heavy atom. The lowest BCUT2D eigenvalue weighted by molar-refractivity contribution is 0.561. The molecule has 0 spiro atoms. The number of allylic oxidation sites excluding steroid dienone is 2. The van der Waals surface area contributed by atoms with Crippen molar-refractivity contribution < 1.29 is 4.39 Å². The first-order valence-electron chi connectivity index (χ1n) is 1.65. The standard InChI is InChI=1S/C4H6ClF/c1-4(5)2-3-6/h2H,3H2,1H3/b4-2+. The molecule has 0 atom stereocenters. The lowest BCUT2D eigenvalue weighted by atomic mass is 10.6. The monoisotopic (exact) mass is 108 g/mol. The van der Waals surface area contributed by atoms with E-state index in [1.165, 1.54) is 6.08 Å². The van der Waals surface area contributed by atoms with Gasteiger partial charge in [0.05, 0.1) is 0 Å². The van der Waals surface area contributed by atoms with E-state index < -0.39 is 6.67 Å². The first kappa shape index (κ1) is 5.96. The van der Waals surface area contributed by atoms with Gasteiger partial charge in [-0.2, -0.15) is 0 Å². The Kier molecular flexibility index (Phi) is 3.14. The summed E-state index contributed by atoms with van der Waals surface area (Å²) in [6.07, 6.45) is 1.31. The van der Waals surface area contributed by atoms with Crippen LogP contribution >= 0.6 is 11.6 Å². The summed E-state index contributed by atoms with van der Waals surface area (Å²) in [5.41, 5.74) is 0. The van der Waals surface area contributed by atoms with Crippen LogP contribution in [0.2, 0.25) is 0 Å². The van der Waals surface area contributed by atoms with E-state index in [9.17, 15) is 4.39 Å². The summed E-state index contributed by atoms with van der Waals surface area (Å²) in [5.74, 6) is 0. The van der Waals surface area contributed by atoms with Gasteiger partial charge in [0.15, 0.2) is 0 Å². The van der Waals surface area contributed by atoms with Gasteiger partial charge in [0.2, 0.25) is 0 Å². The van der Waals surface area contributed by atoms with Gasteiger partial charge in [-0.25, -0.2) is 4.39 Å². The molecule has 0 aromatic carbocycles. The molecular weight excluding hydrogens is 102 g/mol. The molecule has 0 saturated carbocycles. The van der Waals surface area contributed by atoms with Gasteiger partial charge >= 0.3 is 0 Å². The van der Waals surface area contributed by atoms with Crippen molar-refractivity contribution in [2.75, 3.05) is 6.67 Å². The van der Waals surface area contributed by atoms with Crippen LogP contribution in [0.5, 0.6) is 0 Å². The fourth-order valence-electron chi connectivity index (χ4n) is 0.106. The fraction of sp³-hybridized carbons (Fsp3) is 0.500. The second-order valence-corrected chi connectivity index (χ2v) is 1.54. The van der Waals surface area contributed by atoms with Gasteiger partial charge in [-0.15, -0.1) is 0 Å². The highest BCUT2D eigenvalue weighted by Crippen LogP contribution is 1.95. The Labute approximate surface area is 41.6 Å². The van der Waals surface area contributed by atoms with Crippen molar-refractivity contribution >= 4 is 11.6 Å². The van der Waals surface area contributed by atoms with Crippen LogP contribution in [0.25, 0.3) is 0 Å². The lowest BCUT2D eigenvalue weighted by Gasteiger charge is -1.75. The fourth-order valence-corrected chi connectivity index (χ4v) is 0.165. The van der Waals surface area contributed by atoms with Crippen LogP contribution < -0.4 is 0 Å². The second kappa shape index (κ2) is 3.16. The van der Waals surface area contributed by atoms with Crippen LogP contribution in [0.15, 0.2) is 11.1 Å². The van der Waals surface area contributed by atoms with Crippen molar-refractivity contribution in [2.24, 2.45) is 0 Å². The molecular formula is C4H6ClF. The third kappa shape index (κ3) is 3.96. The van der Waals surface area contributed by atoms with E-state index in [2.05, 4.69) is 0 Å². The van der Waals surface area contributed by atoms with Crippen LogP contribution in [-0.4, -0.2) is 6.67 Å². The second-order valence-electron chi connectivity index (χ2n) is 0.945. The van der Waals surface area contributed by atoms with Crippen molar-refractivity contribution in [2.45, 2.75) is 6.92 Å². The maximum atomic E-state index is 11.1. The van der Waals surface area contributed by atoms with Crippen LogP contribution in [0.4, 0.5) is 4.39 Å². The zero-order chi connectivity index (χ0) is 4.99. The molecule has 0 heterocycles. The molecule has 6 heavy (non-hydrogen) atoms. The summed E-state index contributed by atoms with van der Waals surface area (Å²) in [6, 6.07) is 0. The van der Waals surface area contributed by atoms with E-state index in [0.717, 1.165) is 0 Å². The molecule has 0 fully saturated rings. The molecule has 0 N–H and O–H groups in total. The molecule has 0 aliphatic heterocycles. The average molecular weight is 109 g/mol. The molecule has 0 aromatic rings. The smallest absolute Gasteiger partial charge is 0.109 e. The third-order valence-corrected chi connectivity index (χ3v) is 0.513. The normalized spacial score (nSPS) is 12.2. The Morgan fingerprint density at radius 1 is 2.00 bits per heavy atom. The van der Waals surface area contributed by atoms with E-state index in [-0.39, 0.29) is 0 Å². The van der Waals surface area contributed by atoms with Gasteiger partial charge in [0.1, 0.15) is 6.67 Å². The SMILES string of the molecule is C/C(Cl)=C\CF. The molecule has 0 radical (unpaired) electrons. The molecule has 0 amide bonds. The van der Waals surface area contributed by atoms with E-state index >= 15 is 0 Å². The van der Waals surface area contributed by atoms with Crippen molar-refractivity contribution in [3.05, 3.63) is 11.1 Å². The van der Waals surface area contributed by atoms with Crippen molar-refractivity contribution in [1.29, 1.82) is 0 Å². The molecule has 2 heteroatoms. The zero-order valence-corrected chi connectivity index (χ0v) is 4.30. The molecule has 0 nitrogen and oxygen atoms in total. The Morgan fingerprint density at radius 2 is 2.50 bits per heavy atom. The van der Waals surface area contributed by atoms with E-state index in [0.29, 0.717) is 5.03 Å². The minimum Gasteiger partial charge on any atom is -0.247 e. The largest absolute Gasteiger partial charge is 0.247 e. The molecule has 0 aromatic heterocycles. The summed E-state index contributed by atoms with van der Waals surface area (Å²) in [5, 5.41) is 0.512. The van der Waals surface area contributed by atoms with Gasteiger partial charge in [0.25, 0.3) is 0 Å². The lowest BCUT2D eigenvalue weighted by Crippen LogP contribution is -1.61. The van der Waals surface area contributed by atoms with Gasteiger partial charge in [-0.05, 0) is 13.0 Å². The molecule has 0 rings (SSSR count). The quantitative estimate of drug-likeness (QED) is 0.483. The average Bonchev–Trinajstić information content (AvgIpc) is 1.35. The van der Waals surface area contributed by atoms with Crippen LogP contribution in [0.1, 0.15) is 6.92 Å². The first-order valence-corrected chi connectivity index (χ1v) is 2.03. The minimum atomic E-state index is -0.463. The highest BCUT2D eigenvalue weighted by atomic mass is 35.5. The minimum absolute atomic E-state index is 0.463. The number of rotatable bonds is 1. The zero-order valence-electron chi connectivity index (χ0n) is 3.54. The maximum Gasteiger partial charge on any atom is 0.109 e. The van der Waals surface area contributed by atoms with E-state index in [1.807, 2.05) is 0 Å². The summed E-state index contributed by atoms with van der Waals surface area (Å²) < 4.78 is 11.1. The number of alkyl halides is 1. The molecule has 0 saturated heterocycles. The molecule has 0 unspecified atom stereocenters. The predicted molar refractivity (Wildman–Crippen MR) is 25.6 cm³/mol. The maximum absolute atomic E-state index is 11.1. The predicted octanol–water partition coefficient (Wildman–Crippen LogP) is 2.10. The van der Waals surface area contributed by atoms with Gasteiger partial charge < -0.3 is 0 Å². The highest BCUT2D eigenvalue weighted by Gasteiger charge is 1.72. The van der Waals surface area contributed by atoms with Gasteiger partial charge in [-0.1, -0.05) is 11.6 Å². The Hall–Kier alpha value is -0.0400. The summed E-state index contributed by atoms with van der Waals surface area (Å²) in [6.45, 7) is 1.18. The van der Waals surface area contributed by atoms with Crippen LogP contribution in [-0.2, 0) is 0 Å². The number of hydrogen-bond donors (Lipinski definition) is 0. The summed E-state index contributed by atoms with van der Waals surface area (Å²) in [7, 11) is 0. The first-order chi connectivity index (χ1) is 2.77. The van der Waals surface area contributed by atoms with Crippen molar-refractivity contribution in [3.8, 4) is 0 Å². The van der Waals surface area contributed by atoms with Gasteiger partial charge in [0, 0.05) is 5.03 Å². The van der Waals surface area contributed by atoms with Crippen molar-refractivity contribution in [1.82, 2.24) is 0 Å². The Bertz CT molecular complexity index is 54.6. The van der Waals surface area contributed by atoms with Crippen molar-refractivity contribution in [3.63, 3.8) is 0 Å². The third-order valence-electron chi connectivity index (χ3n) is 0.358. The van der Waals surface area contributed by atoms with E-state index in [1.54, 1.807) is 6.92 Å². The molecule has 0 bridgehead atoms. The van der Waals surface area contributed by atoms with E-state index in [4.69, 9.17) is 11.6 Å².